The summed E-state index contributed by atoms with van der Waals surface area (Å²) in [7, 11) is 0. The predicted molar refractivity (Wildman–Crippen MR) is 81.0 cm³/mol. The fourth-order valence-electron chi connectivity index (χ4n) is 2.08. The fraction of sp³-hybridized carbons (Fsp3) is 0.333. The molecule has 1 unspecified atom stereocenters. The fourth-order valence-corrected chi connectivity index (χ4v) is 3.48. The van der Waals surface area contributed by atoms with Crippen molar-refractivity contribution < 1.29 is 13.2 Å². The average Bonchev–Trinajstić information content (AvgIpc) is 2.76. The van der Waals surface area contributed by atoms with E-state index in [9.17, 15) is 13.2 Å². The lowest BCUT2D eigenvalue weighted by Crippen LogP contribution is -2.21. The molecule has 1 heterocycles. The molecule has 1 aromatic carbocycles. The highest BCUT2D eigenvalue weighted by Gasteiger charge is 2.30. The number of aryl methyl sites for hydroxylation is 1. The van der Waals surface area contributed by atoms with Gasteiger partial charge in [-0.3, -0.25) is 0 Å². The summed E-state index contributed by atoms with van der Waals surface area (Å²) in [6, 6.07) is 5.02. The van der Waals surface area contributed by atoms with Crippen molar-refractivity contribution in [3.8, 4) is 0 Å². The standard InChI is InChI=1S/C15H15ClF3NS/c1-3-20-13(14-12(16)9(2)8-21-14)10-4-6-11(7-5-10)15(17,18)19/h4-8,13,20H,3H2,1-2H3. The van der Waals surface area contributed by atoms with E-state index in [-0.39, 0.29) is 6.04 Å². The van der Waals surface area contributed by atoms with Crippen molar-refractivity contribution in [2.75, 3.05) is 6.54 Å². The Bertz CT molecular complexity index is 604. The predicted octanol–water partition coefficient (Wildman–Crippen LogP) is 5.43. The average molecular weight is 334 g/mol. The molecule has 2 aromatic rings. The van der Waals surface area contributed by atoms with E-state index in [1.807, 2.05) is 19.2 Å². The molecule has 6 heteroatoms. The van der Waals surface area contributed by atoms with E-state index in [1.54, 1.807) is 0 Å². The van der Waals surface area contributed by atoms with E-state index >= 15 is 0 Å². The lowest BCUT2D eigenvalue weighted by molar-refractivity contribution is -0.137. The van der Waals surface area contributed by atoms with Crippen LogP contribution in [0.4, 0.5) is 13.2 Å². The zero-order chi connectivity index (χ0) is 15.6. The number of benzene rings is 1. The Hall–Kier alpha value is -1.04. The largest absolute Gasteiger partial charge is 0.416 e. The highest BCUT2D eigenvalue weighted by molar-refractivity contribution is 7.10. The molecule has 0 aliphatic heterocycles. The Morgan fingerprint density at radius 1 is 1.24 bits per heavy atom. The third-order valence-electron chi connectivity index (χ3n) is 3.17. The first-order valence-corrected chi connectivity index (χ1v) is 7.74. The molecule has 0 spiro atoms. The monoisotopic (exact) mass is 333 g/mol. The molecule has 1 atom stereocenters. The molecule has 0 aliphatic rings. The first-order valence-electron chi connectivity index (χ1n) is 6.48. The lowest BCUT2D eigenvalue weighted by Gasteiger charge is -2.18. The SMILES string of the molecule is CCNC(c1ccc(C(F)(F)F)cc1)c1scc(C)c1Cl. The number of thiophene rings is 1. The van der Waals surface area contributed by atoms with Crippen LogP contribution in [-0.2, 0) is 6.18 Å². The summed E-state index contributed by atoms with van der Waals surface area (Å²) in [6.07, 6.45) is -4.32. The van der Waals surface area contributed by atoms with Gasteiger partial charge in [0.1, 0.15) is 0 Å². The molecule has 0 saturated carbocycles. The Morgan fingerprint density at radius 2 is 1.86 bits per heavy atom. The molecule has 21 heavy (non-hydrogen) atoms. The summed E-state index contributed by atoms with van der Waals surface area (Å²) >= 11 is 7.80. The number of alkyl halides is 3. The normalized spacial score (nSPS) is 13.4. The maximum atomic E-state index is 12.6. The molecule has 0 fully saturated rings. The van der Waals surface area contributed by atoms with Gasteiger partial charge in [-0.15, -0.1) is 11.3 Å². The molecule has 0 radical (unpaired) electrons. The maximum absolute atomic E-state index is 12.6. The summed E-state index contributed by atoms with van der Waals surface area (Å²) in [5.74, 6) is 0. The van der Waals surface area contributed by atoms with Gasteiger partial charge in [-0.25, -0.2) is 0 Å². The Labute approximate surface area is 130 Å². The van der Waals surface area contributed by atoms with Crippen LogP contribution in [0.5, 0.6) is 0 Å². The van der Waals surface area contributed by atoms with Crippen molar-refractivity contribution in [1.82, 2.24) is 5.32 Å². The molecule has 0 bridgehead atoms. The van der Waals surface area contributed by atoms with Gasteiger partial charge in [0.2, 0.25) is 0 Å². The van der Waals surface area contributed by atoms with Gasteiger partial charge in [-0.05, 0) is 42.1 Å². The van der Waals surface area contributed by atoms with Crippen LogP contribution >= 0.6 is 22.9 Å². The lowest BCUT2D eigenvalue weighted by atomic mass is 10.0. The summed E-state index contributed by atoms with van der Waals surface area (Å²) in [5.41, 5.74) is 1.11. The van der Waals surface area contributed by atoms with E-state index in [0.717, 1.165) is 28.1 Å². The van der Waals surface area contributed by atoms with Gasteiger partial charge in [0, 0.05) is 4.88 Å². The zero-order valence-electron chi connectivity index (χ0n) is 11.6. The highest BCUT2D eigenvalue weighted by Crippen LogP contribution is 2.37. The van der Waals surface area contributed by atoms with Crippen molar-refractivity contribution in [2.24, 2.45) is 0 Å². The van der Waals surface area contributed by atoms with Crippen molar-refractivity contribution in [3.05, 3.63) is 56.2 Å². The van der Waals surface area contributed by atoms with Crippen LogP contribution < -0.4 is 5.32 Å². The molecule has 1 N–H and O–H groups in total. The van der Waals surface area contributed by atoms with Gasteiger partial charge < -0.3 is 5.32 Å². The first kappa shape index (κ1) is 16.3. The summed E-state index contributed by atoms with van der Waals surface area (Å²) in [6.45, 7) is 4.56. The third-order valence-corrected chi connectivity index (χ3v) is 4.95. The van der Waals surface area contributed by atoms with E-state index < -0.39 is 11.7 Å². The minimum atomic E-state index is -4.32. The molecule has 1 nitrogen and oxygen atoms in total. The van der Waals surface area contributed by atoms with Gasteiger partial charge >= 0.3 is 6.18 Å². The van der Waals surface area contributed by atoms with Gasteiger partial charge in [-0.1, -0.05) is 30.7 Å². The second-order valence-corrected chi connectivity index (χ2v) is 6.00. The zero-order valence-corrected chi connectivity index (χ0v) is 13.2. The Balaban J connectivity index is 2.37. The maximum Gasteiger partial charge on any atom is 0.416 e. The smallest absolute Gasteiger partial charge is 0.306 e. The molecule has 114 valence electrons. The number of rotatable bonds is 4. The van der Waals surface area contributed by atoms with Crippen molar-refractivity contribution in [2.45, 2.75) is 26.1 Å². The molecule has 0 amide bonds. The van der Waals surface area contributed by atoms with Gasteiger partial charge in [-0.2, -0.15) is 13.2 Å². The minimum Gasteiger partial charge on any atom is -0.306 e. The highest BCUT2D eigenvalue weighted by atomic mass is 35.5. The van der Waals surface area contributed by atoms with E-state index in [2.05, 4.69) is 5.32 Å². The minimum absolute atomic E-state index is 0.191. The number of hydrogen-bond donors (Lipinski definition) is 1. The van der Waals surface area contributed by atoms with Crippen molar-refractivity contribution >= 4 is 22.9 Å². The second-order valence-electron chi connectivity index (χ2n) is 4.71. The summed E-state index contributed by atoms with van der Waals surface area (Å²) in [5, 5.41) is 5.89. The molecular weight excluding hydrogens is 319 g/mol. The van der Waals surface area contributed by atoms with Crippen molar-refractivity contribution in [3.63, 3.8) is 0 Å². The Kier molecular flexibility index (Phi) is 4.96. The van der Waals surface area contributed by atoms with Crippen LogP contribution in [-0.4, -0.2) is 6.54 Å². The summed E-state index contributed by atoms with van der Waals surface area (Å²) < 4.78 is 37.9. The van der Waals surface area contributed by atoms with Crippen LogP contribution in [0.3, 0.4) is 0 Å². The molecule has 1 aromatic heterocycles. The van der Waals surface area contributed by atoms with Gasteiger partial charge in [0.15, 0.2) is 0 Å². The van der Waals surface area contributed by atoms with Crippen LogP contribution in [0, 0.1) is 6.92 Å². The van der Waals surface area contributed by atoms with Gasteiger partial charge in [0.05, 0.1) is 16.6 Å². The van der Waals surface area contributed by atoms with Crippen LogP contribution in [0.25, 0.3) is 0 Å². The van der Waals surface area contributed by atoms with E-state index in [4.69, 9.17) is 11.6 Å². The molecule has 0 aliphatic carbocycles. The van der Waals surface area contributed by atoms with Crippen molar-refractivity contribution in [1.29, 1.82) is 0 Å². The van der Waals surface area contributed by atoms with Crippen LogP contribution in [0.1, 0.15) is 34.5 Å². The quantitative estimate of drug-likeness (QED) is 0.787. The topological polar surface area (TPSA) is 12.0 Å². The number of nitrogens with one attached hydrogen (secondary N) is 1. The molecule has 2 rings (SSSR count). The van der Waals surface area contributed by atoms with E-state index in [1.165, 1.54) is 23.5 Å². The van der Waals surface area contributed by atoms with Crippen LogP contribution in [0.2, 0.25) is 5.02 Å². The first-order chi connectivity index (χ1) is 9.84. The van der Waals surface area contributed by atoms with Crippen LogP contribution in [0.15, 0.2) is 29.6 Å². The second kappa shape index (κ2) is 6.38. The Morgan fingerprint density at radius 3 is 2.29 bits per heavy atom. The summed E-state index contributed by atoms with van der Waals surface area (Å²) in [4.78, 5) is 0.927. The molecule has 0 saturated heterocycles. The molecular formula is C15H15ClF3NS. The van der Waals surface area contributed by atoms with Gasteiger partial charge in [0.25, 0.3) is 0 Å². The number of hydrogen-bond acceptors (Lipinski definition) is 2. The third kappa shape index (κ3) is 3.59. The van der Waals surface area contributed by atoms with E-state index in [0.29, 0.717) is 11.6 Å². The number of halogens is 4.